The molecule has 0 bridgehead atoms. The second-order valence-corrected chi connectivity index (χ2v) is 6.20. The third-order valence-electron chi connectivity index (χ3n) is 3.80. The SMILES string of the molecule is CC(C)C(NC(=O)c1ccc([N+](=O)[O-])cc1Cl)C(=O)N1CCC1. The van der Waals surface area contributed by atoms with E-state index >= 15 is 0 Å². The first-order valence-corrected chi connectivity index (χ1v) is 7.72. The molecule has 0 aromatic heterocycles. The first kappa shape index (κ1) is 17.2. The van der Waals surface area contributed by atoms with Crippen LogP contribution in [0.3, 0.4) is 0 Å². The van der Waals surface area contributed by atoms with Gasteiger partial charge in [-0.15, -0.1) is 0 Å². The molecule has 1 aromatic rings. The molecule has 1 aliphatic rings. The van der Waals surface area contributed by atoms with Crippen LogP contribution in [0.15, 0.2) is 18.2 Å². The van der Waals surface area contributed by atoms with E-state index in [1.807, 2.05) is 13.8 Å². The molecule has 1 aliphatic heterocycles. The van der Waals surface area contributed by atoms with Crippen molar-refractivity contribution in [1.29, 1.82) is 0 Å². The number of non-ortho nitro benzene ring substituents is 1. The fourth-order valence-electron chi connectivity index (χ4n) is 2.27. The van der Waals surface area contributed by atoms with Crippen molar-refractivity contribution in [2.75, 3.05) is 13.1 Å². The molecule has 1 fully saturated rings. The molecule has 1 unspecified atom stereocenters. The average molecular weight is 340 g/mol. The molecular weight excluding hydrogens is 322 g/mol. The van der Waals surface area contributed by atoms with Gasteiger partial charge in [0.15, 0.2) is 0 Å². The van der Waals surface area contributed by atoms with Crippen molar-refractivity contribution < 1.29 is 14.5 Å². The van der Waals surface area contributed by atoms with Crippen molar-refractivity contribution in [2.45, 2.75) is 26.3 Å². The van der Waals surface area contributed by atoms with E-state index in [0.29, 0.717) is 13.1 Å². The van der Waals surface area contributed by atoms with Gasteiger partial charge in [0, 0.05) is 25.2 Å². The minimum Gasteiger partial charge on any atom is -0.341 e. The monoisotopic (exact) mass is 339 g/mol. The normalized spacial score (nSPS) is 15.0. The fourth-order valence-corrected chi connectivity index (χ4v) is 2.53. The average Bonchev–Trinajstić information content (AvgIpc) is 2.41. The molecule has 8 heteroatoms. The summed E-state index contributed by atoms with van der Waals surface area (Å²) in [4.78, 5) is 36.5. The number of nitro benzene ring substituents is 1. The molecule has 0 spiro atoms. The molecule has 0 saturated carbocycles. The van der Waals surface area contributed by atoms with E-state index in [1.165, 1.54) is 12.1 Å². The smallest absolute Gasteiger partial charge is 0.270 e. The Morgan fingerprint density at radius 1 is 1.35 bits per heavy atom. The quantitative estimate of drug-likeness (QED) is 0.657. The number of nitro groups is 1. The maximum atomic E-state index is 12.4. The van der Waals surface area contributed by atoms with Gasteiger partial charge in [-0.25, -0.2) is 0 Å². The Morgan fingerprint density at radius 3 is 2.43 bits per heavy atom. The number of benzene rings is 1. The Kier molecular flexibility index (Phi) is 5.20. The van der Waals surface area contributed by atoms with Gasteiger partial charge < -0.3 is 10.2 Å². The highest BCUT2D eigenvalue weighted by Crippen LogP contribution is 2.23. The lowest BCUT2D eigenvalue weighted by Crippen LogP contribution is -2.55. The zero-order valence-electron chi connectivity index (χ0n) is 12.9. The molecule has 0 aliphatic carbocycles. The molecule has 1 saturated heterocycles. The molecule has 1 heterocycles. The predicted octanol–water partition coefficient (Wildman–Crippen LogP) is 2.23. The molecule has 7 nitrogen and oxygen atoms in total. The zero-order valence-corrected chi connectivity index (χ0v) is 13.7. The summed E-state index contributed by atoms with van der Waals surface area (Å²) in [7, 11) is 0. The third-order valence-corrected chi connectivity index (χ3v) is 4.11. The van der Waals surface area contributed by atoms with Crippen LogP contribution >= 0.6 is 11.6 Å². The van der Waals surface area contributed by atoms with Crippen molar-refractivity contribution in [3.05, 3.63) is 38.9 Å². The number of hydrogen-bond donors (Lipinski definition) is 1. The highest BCUT2D eigenvalue weighted by Gasteiger charge is 2.31. The first-order valence-electron chi connectivity index (χ1n) is 7.35. The standard InChI is InChI=1S/C15H18ClN3O4/c1-9(2)13(15(21)18-6-3-7-18)17-14(20)11-5-4-10(19(22)23)8-12(11)16/h4-5,8-9,13H,3,6-7H2,1-2H3,(H,17,20). The second-order valence-electron chi connectivity index (χ2n) is 5.80. The van der Waals surface area contributed by atoms with E-state index in [-0.39, 0.29) is 28.1 Å². The van der Waals surface area contributed by atoms with Gasteiger partial charge in [-0.1, -0.05) is 25.4 Å². The number of halogens is 1. The van der Waals surface area contributed by atoms with Crippen molar-refractivity contribution >= 4 is 29.1 Å². The van der Waals surface area contributed by atoms with Gasteiger partial charge >= 0.3 is 0 Å². The summed E-state index contributed by atoms with van der Waals surface area (Å²) >= 11 is 5.95. The third kappa shape index (κ3) is 3.79. The summed E-state index contributed by atoms with van der Waals surface area (Å²) in [5, 5.41) is 13.4. The number of amides is 2. The van der Waals surface area contributed by atoms with Crippen LogP contribution in [0.5, 0.6) is 0 Å². The zero-order chi connectivity index (χ0) is 17.1. The summed E-state index contributed by atoms with van der Waals surface area (Å²) in [5.41, 5.74) is -0.0806. The van der Waals surface area contributed by atoms with Crippen LogP contribution < -0.4 is 5.32 Å². The topological polar surface area (TPSA) is 92.5 Å². The minimum absolute atomic E-state index is 0.0180. The molecule has 0 radical (unpaired) electrons. The van der Waals surface area contributed by atoms with Gasteiger partial charge in [-0.05, 0) is 18.4 Å². The van der Waals surface area contributed by atoms with E-state index in [2.05, 4.69) is 5.32 Å². The van der Waals surface area contributed by atoms with Crippen LogP contribution in [0, 0.1) is 16.0 Å². The van der Waals surface area contributed by atoms with Crippen LogP contribution in [0.1, 0.15) is 30.6 Å². The minimum atomic E-state index is -0.644. The van der Waals surface area contributed by atoms with E-state index in [9.17, 15) is 19.7 Å². The van der Waals surface area contributed by atoms with E-state index in [0.717, 1.165) is 12.5 Å². The molecule has 1 aromatic carbocycles. The number of hydrogen-bond acceptors (Lipinski definition) is 4. The fraction of sp³-hybridized carbons (Fsp3) is 0.467. The molecule has 23 heavy (non-hydrogen) atoms. The van der Waals surface area contributed by atoms with E-state index in [4.69, 9.17) is 11.6 Å². The highest BCUT2D eigenvalue weighted by molar-refractivity contribution is 6.34. The summed E-state index contributed by atoms with van der Waals surface area (Å²) < 4.78 is 0. The van der Waals surface area contributed by atoms with Crippen molar-refractivity contribution in [2.24, 2.45) is 5.92 Å². The number of nitrogens with zero attached hydrogens (tertiary/aromatic N) is 2. The number of likely N-dealkylation sites (tertiary alicyclic amines) is 1. The summed E-state index contributed by atoms with van der Waals surface area (Å²) in [6.07, 6.45) is 0.971. The lowest BCUT2D eigenvalue weighted by molar-refractivity contribution is -0.384. The van der Waals surface area contributed by atoms with Gasteiger partial charge in [0.25, 0.3) is 11.6 Å². The highest BCUT2D eigenvalue weighted by atomic mass is 35.5. The van der Waals surface area contributed by atoms with Crippen LogP contribution in [0.25, 0.3) is 0 Å². The number of carbonyl (C=O) groups is 2. The van der Waals surface area contributed by atoms with Gasteiger partial charge in [0.1, 0.15) is 6.04 Å². The summed E-state index contributed by atoms with van der Waals surface area (Å²) in [6.45, 7) is 5.10. The van der Waals surface area contributed by atoms with Gasteiger partial charge in [-0.3, -0.25) is 19.7 Å². The Balaban J connectivity index is 2.15. The number of carbonyl (C=O) groups excluding carboxylic acids is 2. The van der Waals surface area contributed by atoms with Gasteiger partial charge in [-0.2, -0.15) is 0 Å². The Labute approximate surface area is 138 Å². The first-order chi connectivity index (χ1) is 10.8. The van der Waals surface area contributed by atoms with Crippen molar-refractivity contribution in [3.8, 4) is 0 Å². The van der Waals surface area contributed by atoms with Crippen LogP contribution in [-0.4, -0.2) is 40.8 Å². The van der Waals surface area contributed by atoms with Crippen LogP contribution in [0.4, 0.5) is 5.69 Å². The molecule has 124 valence electrons. The maximum absolute atomic E-state index is 12.4. The molecule has 1 atom stereocenters. The summed E-state index contributed by atoms with van der Waals surface area (Å²) in [6, 6.07) is 2.98. The molecule has 2 amide bonds. The van der Waals surface area contributed by atoms with Crippen molar-refractivity contribution in [3.63, 3.8) is 0 Å². The Morgan fingerprint density at radius 2 is 2.00 bits per heavy atom. The molecule has 1 N–H and O–H groups in total. The summed E-state index contributed by atoms with van der Waals surface area (Å²) in [5.74, 6) is -0.709. The largest absolute Gasteiger partial charge is 0.341 e. The lowest BCUT2D eigenvalue weighted by Gasteiger charge is -2.35. The van der Waals surface area contributed by atoms with Gasteiger partial charge in [0.05, 0.1) is 15.5 Å². The van der Waals surface area contributed by atoms with Crippen LogP contribution in [0.2, 0.25) is 5.02 Å². The second kappa shape index (κ2) is 6.95. The van der Waals surface area contributed by atoms with Crippen molar-refractivity contribution in [1.82, 2.24) is 10.2 Å². The molecular formula is C15H18ClN3O4. The Bertz CT molecular complexity index is 644. The van der Waals surface area contributed by atoms with E-state index in [1.54, 1.807) is 4.90 Å². The lowest BCUT2D eigenvalue weighted by atomic mass is 10.0. The molecule has 2 rings (SSSR count). The predicted molar refractivity (Wildman–Crippen MR) is 85.4 cm³/mol. The maximum Gasteiger partial charge on any atom is 0.270 e. The number of rotatable bonds is 5. The van der Waals surface area contributed by atoms with Crippen LogP contribution in [-0.2, 0) is 4.79 Å². The van der Waals surface area contributed by atoms with E-state index < -0.39 is 16.9 Å². The Hall–Kier alpha value is -2.15. The number of nitrogens with one attached hydrogen (secondary N) is 1. The van der Waals surface area contributed by atoms with Gasteiger partial charge in [0.2, 0.25) is 5.91 Å².